The van der Waals surface area contributed by atoms with Crippen LogP contribution in [-0.4, -0.2) is 69.3 Å². The molecule has 2 atom stereocenters. The molecule has 206 valence electrons. The fourth-order valence-electron chi connectivity index (χ4n) is 5.57. The van der Waals surface area contributed by atoms with Gasteiger partial charge in [-0.05, 0) is 37.6 Å². The van der Waals surface area contributed by atoms with E-state index < -0.39 is 0 Å². The number of ether oxygens (including phenoxy) is 3. The van der Waals surface area contributed by atoms with Crippen molar-refractivity contribution in [3.8, 4) is 22.9 Å². The molecule has 4 heterocycles. The number of aromatic amines is 1. The highest BCUT2D eigenvalue weighted by Gasteiger charge is 2.35. The standard InChI is InChI=1S/C30H32N6O4/c1-18-32-24-10-9-20(38-2)14-26(24)36(18)17-28(37)35-12-11-21(39-3)15-27(35)29-31-16-25(33-29)22-13-19-7-5-6-8-23(19)34-30(22)40-4/h5-10,13-14,16,21,27H,11-12,15,17H2,1-4H3,(H,31,33)/t21-,27-/m0/s1. The Morgan fingerprint density at radius 2 is 1.90 bits per heavy atom. The highest BCUT2D eigenvalue weighted by atomic mass is 16.5. The molecule has 0 aliphatic carbocycles. The first kappa shape index (κ1) is 25.8. The van der Waals surface area contributed by atoms with E-state index in [1.165, 1.54) is 0 Å². The van der Waals surface area contributed by atoms with Crippen molar-refractivity contribution in [2.75, 3.05) is 27.9 Å². The van der Waals surface area contributed by atoms with Gasteiger partial charge in [-0.1, -0.05) is 18.2 Å². The Morgan fingerprint density at radius 1 is 1.05 bits per heavy atom. The normalized spacial score (nSPS) is 17.4. The third-order valence-electron chi connectivity index (χ3n) is 7.73. The van der Waals surface area contributed by atoms with Crippen molar-refractivity contribution in [3.05, 3.63) is 66.4 Å². The van der Waals surface area contributed by atoms with Crippen LogP contribution >= 0.6 is 0 Å². The summed E-state index contributed by atoms with van der Waals surface area (Å²) in [5.74, 6) is 2.71. The second-order valence-electron chi connectivity index (χ2n) is 10.0. The minimum atomic E-state index is -0.274. The molecule has 1 amide bonds. The number of nitrogens with one attached hydrogen (secondary N) is 1. The maximum absolute atomic E-state index is 13.9. The van der Waals surface area contributed by atoms with Gasteiger partial charge in [-0.25, -0.2) is 15.0 Å². The molecule has 0 bridgehead atoms. The van der Waals surface area contributed by atoms with Gasteiger partial charge in [0, 0.05) is 31.5 Å². The molecular weight excluding hydrogens is 508 g/mol. The predicted octanol–water partition coefficient (Wildman–Crippen LogP) is 4.68. The molecule has 10 nitrogen and oxygen atoms in total. The first-order valence-electron chi connectivity index (χ1n) is 13.3. The molecule has 0 radical (unpaired) electrons. The number of aromatic nitrogens is 5. The summed E-state index contributed by atoms with van der Waals surface area (Å²) >= 11 is 0. The molecule has 40 heavy (non-hydrogen) atoms. The number of piperidine rings is 1. The van der Waals surface area contributed by atoms with Gasteiger partial charge in [-0.3, -0.25) is 4.79 Å². The van der Waals surface area contributed by atoms with Crippen molar-refractivity contribution in [2.24, 2.45) is 0 Å². The van der Waals surface area contributed by atoms with Gasteiger partial charge >= 0.3 is 0 Å². The number of H-pyrrole nitrogens is 1. The van der Waals surface area contributed by atoms with E-state index in [1.807, 2.05) is 64.9 Å². The Bertz CT molecular complexity index is 1690. The lowest BCUT2D eigenvalue weighted by Gasteiger charge is -2.38. The molecule has 1 aliphatic rings. The van der Waals surface area contributed by atoms with Gasteiger partial charge in [0.15, 0.2) is 0 Å². The summed E-state index contributed by atoms with van der Waals surface area (Å²) < 4.78 is 18.7. The van der Waals surface area contributed by atoms with Crippen LogP contribution in [0.5, 0.6) is 11.6 Å². The number of methoxy groups -OCH3 is 3. The van der Waals surface area contributed by atoms with E-state index in [0.29, 0.717) is 24.7 Å². The molecule has 5 aromatic rings. The largest absolute Gasteiger partial charge is 0.497 e. The van der Waals surface area contributed by atoms with E-state index in [-0.39, 0.29) is 24.6 Å². The number of aryl methyl sites for hydroxylation is 1. The van der Waals surface area contributed by atoms with Crippen molar-refractivity contribution in [2.45, 2.75) is 38.5 Å². The number of para-hydroxylation sites is 1. The van der Waals surface area contributed by atoms with E-state index in [9.17, 15) is 4.79 Å². The number of carbonyl (C=O) groups is 1. The van der Waals surface area contributed by atoms with E-state index in [1.54, 1.807) is 27.5 Å². The highest BCUT2D eigenvalue weighted by Crippen LogP contribution is 2.35. The number of rotatable bonds is 7. The molecule has 6 rings (SSSR count). The second kappa shape index (κ2) is 10.6. The first-order chi connectivity index (χ1) is 19.5. The van der Waals surface area contributed by atoms with Crippen LogP contribution in [0.15, 0.2) is 54.7 Å². The van der Waals surface area contributed by atoms with Crippen molar-refractivity contribution in [1.82, 2.24) is 29.4 Å². The first-order valence-corrected chi connectivity index (χ1v) is 13.3. The summed E-state index contributed by atoms with van der Waals surface area (Å²) in [5, 5.41) is 1.00. The van der Waals surface area contributed by atoms with Crippen molar-refractivity contribution in [3.63, 3.8) is 0 Å². The average Bonchev–Trinajstić information content (AvgIpc) is 3.60. The minimum absolute atomic E-state index is 0.00678. The van der Waals surface area contributed by atoms with Crippen molar-refractivity contribution < 1.29 is 19.0 Å². The van der Waals surface area contributed by atoms with Crippen LogP contribution in [0.3, 0.4) is 0 Å². The summed E-state index contributed by atoms with van der Waals surface area (Å²) in [6.45, 7) is 2.64. The van der Waals surface area contributed by atoms with Crippen LogP contribution in [0.4, 0.5) is 0 Å². The molecule has 0 spiro atoms. The van der Waals surface area contributed by atoms with Gasteiger partial charge in [0.25, 0.3) is 0 Å². The van der Waals surface area contributed by atoms with Gasteiger partial charge in [-0.15, -0.1) is 0 Å². The van der Waals surface area contributed by atoms with Gasteiger partial charge in [0.05, 0.1) is 60.4 Å². The quantitative estimate of drug-likeness (QED) is 0.319. The molecule has 1 aliphatic heterocycles. The maximum Gasteiger partial charge on any atom is 0.243 e. The van der Waals surface area contributed by atoms with Crippen LogP contribution < -0.4 is 9.47 Å². The number of hydrogen-bond acceptors (Lipinski definition) is 7. The lowest BCUT2D eigenvalue weighted by Crippen LogP contribution is -2.44. The number of pyridine rings is 1. The van der Waals surface area contributed by atoms with Crippen LogP contribution in [-0.2, 0) is 16.1 Å². The van der Waals surface area contributed by atoms with Gasteiger partial charge in [-0.2, -0.15) is 0 Å². The zero-order valence-electron chi connectivity index (χ0n) is 23.0. The van der Waals surface area contributed by atoms with E-state index in [0.717, 1.165) is 51.2 Å². The van der Waals surface area contributed by atoms with Crippen molar-refractivity contribution in [1.29, 1.82) is 0 Å². The summed E-state index contributed by atoms with van der Waals surface area (Å²) in [4.78, 5) is 33.3. The fraction of sp³-hybridized carbons (Fsp3) is 0.333. The molecule has 1 fully saturated rings. The summed E-state index contributed by atoms with van der Waals surface area (Å²) in [6.07, 6.45) is 3.20. The zero-order valence-corrected chi connectivity index (χ0v) is 23.0. The van der Waals surface area contributed by atoms with Crippen LogP contribution in [0.1, 0.15) is 30.5 Å². The van der Waals surface area contributed by atoms with Crippen molar-refractivity contribution >= 4 is 27.8 Å². The Labute approximate surface area is 231 Å². The SMILES string of the molecule is COc1ccc2nc(C)n(CC(=O)N3CC[C@H](OC)C[C@H]3c3ncc(-c4cc5ccccc5nc4OC)[nH]3)c2c1. The number of fused-ring (bicyclic) bond motifs is 2. The number of carbonyl (C=O) groups excluding carboxylic acids is 1. The Morgan fingerprint density at radius 3 is 2.70 bits per heavy atom. The number of nitrogens with zero attached hydrogens (tertiary/aromatic N) is 5. The Kier molecular flexibility index (Phi) is 6.85. The van der Waals surface area contributed by atoms with Crippen LogP contribution in [0, 0.1) is 6.92 Å². The topological polar surface area (TPSA) is 107 Å². The molecule has 10 heteroatoms. The van der Waals surface area contributed by atoms with Gasteiger partial charge < -0.3 is 28.7 Å². The maximum atomic E-state index is 13.9. The average molecular weight is 541 g/mol. The Hall–Kier alpha value is -4.44. The lowest BCUT2D eigenvalue weighted by atomic mass is 9.98. The lowest BCUT2D eigenvalue weighted by molar-refractivity contribution is -0.138. The second-order valence-corrected chi connectivity index (χ2v) is 10.0. The number of benzene rings is 2. The zero-order chi connectivity index (χ0) is 27.8. The fourth-order valence-corrected chi connectivity index (χ4v) is 5.57. The number of hydrogen-bond donors (Lipinski definition) is 1. The number of amides is 1. The number of imidazole rings is 2. The third kappa shape index (κ3) is 4.64. The summed E-state index contributed by atoms with van der Waals surface area (Å²) in [7, 11) is 4.96. The van der Waals surface area contributed by atoms with Crippen LogP contribution in [0.2, 0.25) is 0 Å². The smallest absolute Gasteiger partial charge is 0.243 e. The highest BCUT2D eigenvalue weighted by molar-refractivity contribution is 5.85. The molecule has 0 saturated carbocycles. The molecule has 1 N–H and O–H groups in total. The predicted molar refractivity (Wildman–Crippen MR) is 151 cm³/mol. The number of likely N-dealkylation sites (tertiary alicyclic amines) is 1. The summed E-state index contributed by atoms with van der Waals surface area (Å²) in [5.41, 5.74) is 4.14. The molecule has 2 aromatic carbocycles. The molecule has 3 aromatic heterocycles. The van der Waals surface area contributed by atoms with Crippen LogP contribution in [0.25, 0.3) is 33.2 Å². The third-order valence-corrected chi connectivity index (χ3v) is 7.73. The molecule has 1 saturated heterocycles. The minimum Gasteiger partial charge on any atom is -0.497 e. The summed E-state index contributed by atoms with van der Waals surface area (Å²) in [6, 6.07) is 15.4. The monoisotopic (exact) mass is 540 g/mol. The Balaban J connectivity index is 1.32. The van der Waals surface area contributed by atoms with E-state index in [4.69, 9.17) is 19.2 Å². The van der Waals surface area contributed by atoms with Gasteiger partial charge in [0.2, 0.25) is 11.8 Å². The molecule has 0 unspecified atom stereocenters. The van der Waals surface area contributed by atoms with E-state index in [2.05, 4.69) is 15.0 Å². The van der Waals surface area contributed by atoms with E-state index >= 15 is 0 Å². The molecular formula is C30H32N6O4. The van der Waals surface area contributed by atoms with Gasteiger partial charge in [0.1, 0.15) is 23.9 Å².